The Bertz CT molecular complexity index is 782. The summed E-state index contributed by atoms with van der Waals surface area (Å²) in [5.74, 6) is -1.13. The predicted molar refractivity (Wildman–Crippen MR) is 102 cm³/mol. The van der Waals surface area contributed by atoms with Crippen LogP contribution in [0.2, 0.25) is 0 Å². The molecular weight excluding hydrogens is 419 g/mol. The van der Waals surface area contributed by atoms with Crippen LogP contribution in [0.15, 0.2) is 12.3 Å². The molecule has 2 fully saturated rings. The van der Waals surface area contributed by atoms with Crippen molar-refractivity contribution in [3.05, 3.63) is 12.3 Å². The third kappa shape index (κ3) is 4.99. The van der Waals surface area contributed by atoms with Crippen molar-refractivity contribution in [2.24, 2.45) is 5.73 Å². The topological polar surface area (TPSA) is 144 Å². The smallest absolute Gasteiger partial charge is 0.463 e. The second-order valence-corrected chi connectivity index (χ2v) is 9.52. The molecule has 0 spiro atoms. The van der Waals surface area contributed by atoms with Crippen LogP contribution in [0.3, 0.4) is 0 Å². The van der Waals surface area contributed by atoms with E-state index in [1.54, 1.807) is 20.8 Å². The van der Waals surface area contributed by atoms with Gasteiger partial charge in [0.1, 0.15) is 12.2 Å². The third-order valence-corrected chi connectivity index (χ3v) is 6.30. The molecule has 0 aromatic carbocycles. The third-order valence-electron chi connectivity index (χ3n) is 4.86. The summed E-state index contributed by atoms with van der Waals surface area (Å²) in [7, 11) is -3.93. The highest BCUT2D eigenvalue weighted by Gasteiger charge is 2.60. The summed E-state index contributed by atoms with van der Waals surface area (Å²) in [5, 5.41) is 0. The second kappa shape index (κ2) is 8.86. The van der Waals surface area contributed by atoms with E-state index in [1.165, 1.54) is 17.2 Å². The Labute approximate surface area is 174 Å². The summed E-state index contributed by atoms with van der Waals surface area (Å²) < 4.78 is 39.8. The van der Waals surface area contributed by atoms with Gasteiger partial charge in [-0.05, 0) is 33.3 Å². The first kappa shape index (κ1) is 23.1. The molecule has 2 saturated heterocycles. The van der Waals surface area contributed by atoms with Crippen molar-refractivity contribution in [2.75, 3.05) is 13.2 Å². The van der Waals surface area contributed by atoms with Crippen molar-refractivity contribution in [3.8, 4) is 0 Å². The van der Waals surface area contributed by atoms with Crippen LogP contribution < -0.4 is 5.73 Å². The predicted octanol–water partition coefficient (Wildman–Crippen LogP) is 1.02. The highest BCUT2D eigenvalue weighted by molar-refractivity contribution is 7.48. The molecule has 0 aromatic heterocycles. The van der Waals surface area contributed by atoms with Crippen LogP contribution >= 0.6 is 7.82 Å². The number of rotatable bonds is 7. The number of nitrogens with zero attached hydrogens (tertiary/aromatic N) is 1. The SMILES string of the molecule is CC(C)OC(=O)CCCO[P@@]1(=O)OC[C@H]2O[C@@H](N3C=CC(=O)CC3=O)[C@](C)(N)[C@@H]2O1. The number of carbonyl (C=O) groups excluding carboxylic acids is 3. The Kier molecular flexibility index (Phi) is 6.81. The minimum Gasteiger partial charge on any atom is -0.463 e. The molecule has 5 atom stereocenters. The maximum Gasteiger partial charge on any atom is 0.475 e. The van der Waals surface area contributed by atoms with Crippen molar-refractivity contribution in [3.63, 3.8) is 0 Å². The lowest BCUT2D eigenvalue weighted by molar-refractivity contribution is -0.148. The molecule has 1 amide bonds. The monoisotopic (exact) mass is 446 g/mol. The molecular formula is C18H27N2O9P. The summed E-state index contributed by atoms with van der Waals surface area (Å²) in [6.45, 7) is 4.96. The van der Waals surface area contributed by atoms with Gasteiger partial charge in [-0.2, -0.15) is 0 Å². The summed E-state index contributed by atoms with van der Waals surface area (Å²) in [6, 6.07) is 0. The number of ketones is 1. The molecule has 0 unspecified atom stereocenters. The average molecular weight is 446 g/mol. The van der Waals surface area contributed by atoms with Crippen LogP contribution in [-0.2, 0) is 42.0 Å². The normalized spacial score (nSPS) is 36.3. The first-order valence-corrected chi connectivity index (χ1v) is 11.2. The first-order valence-electron chi connectivity index (χ1n) is 9.75. The number of fused-ring (bicyclic) bond motifs is 1. The van der Waals surface area contributed by atoms with E-state index in [0.717, 1.165) is 0 Å². The van der Waals surface area contributed by atoms with Gasteiger partial charge in [0, 0.05) is 12.6 Å². The Morgan fingerprint density at radius 3 is 2.83 bits per heavy atom. The van der Waals surface area contributed by atoms with Crippen molar-refractivity contribution < 1.29 is 42.0 Å². The zero-order valence-electron chi connectivity index (χ0n) is 17.1. The molecule has 3 rings (SSSR count). The fraction of sp³-hybridized carbons (Fsp3) is 0.722. The molecule has 2 N–H and O–H groups in total. The van der Waals surface area contributed by atoms with E-state index in [-0.39, 0.29) is 50.3 Å². The highest BCUT2D eigenvalue weighted by atomic mass is 31.2. The van der Waals surface area contributed by atoms with Gasteiger partial charge >= 0.3 is 13.8 Å². The van der Waals surface area contributed by atoms with Gasteiger partial charge in [-0.25, -0.2) is 4.57 Å². The highest BCUT2D eigenvalue weighted by Crippen LogP contribution is 2.57. The van der Waals surface area contributed by atoms with Crippen LogP contribution in [0.25, 0.3) is 0 Å². The summed E-state index contributed by atoms with van der Waals surface area (Å²) in [4.78, 5) is 36.5. The van der Waals surface area contributed by atoms with E-state index >= 15 is 0 Å². The Morgan fingerprint density at radius 2 is 2.17 bits per heavy atom. The van der Waals surface area contributed by atoms with Crippen molar-refractivity contribution >= 4 is 25.5 Å². The van der Waals surface area contributed by atoms with Gasteiger partial charge in [-0.15, -0.1) is 0 Å². The van der Waals surface area contributed by atoms with E-state index < -0.39 is 37.7 Å². The molecule has 168 valence electrons. The van der Waals surface area contributed by atoms with Gasteiger partial charge in [0.25, 0.3) is 0 Å². The number of phosphoric acid groups is 1. The van der Waals surface area contributed by atoms with Crippen LogP contribution in [0.1, 0.15) is 40.0 Å². The van der Waals surface area contributed by atoms with Crippen LogP contribution in [0, 0.1) is 0 Å². The number of esters is 1. The molecule has 0 bridgehead atoms. The lowest BCUT2D eigenvalue weighted by atomic mass is 9.92. The molecule has 3 aliphatic heterocycles. The second-order valence-electron chi connectivity index (χ2n) is 7.90. The van der Waals surface area contributed by atoms with Crippen molar-refractivity contribution in [1.82, 2.24) is 4.90 Å². The molecule has 0 radical (unpaired) electrons. The number of amides is 1. The Morgan fingerprint density at radius 1 is 1.43 bits per heavy atom. The number of ether oxygens (including phenoxy) is 2. The first-order chi connectivity index (χ1) is 14.0. The van der Waals surface area contributed by atoms with Crippen molar-refractivity contribution in [1.29, 1.82) is 0 Å². The number of allylic oxidation sites excluding steroid dienone is 1. The molecule has 0 aliphatic carbocycles. The summed E-state index contributed by atoms with van der Waals surface area (Å²) in [5.41, 5.74) is 5.17. The lowest BCUT2D eigenvalue weighted by Gasteiger charge is -2.38. The Balaban J connectivity index is 1.59. The molecule has 0 saturated carbocycles. The minimum atomic E-state index is -3.93. The number of hydrogen-bond donors (Lipinski definition) is 1. The zero-order chi connectivity index (χ0) is 22.1. The summed E-state index contributed by atoms with van der Waals surface area (Å²) in [6.07, 6.45) is 0.0267. The van der Waals surface area contributed by atoms with Gasteiger partial charge in [-0.1, -0.05) is 0 Å². The standard InChI is InChI=1S/C18H27N2O9P/c1-11(2)27-15(23)5-4-8-25-30(24)26-10-13-16(29-30)18(3,19)17(28-13)20-7-6-12(21)9-14(20)22/h6-7,11,13,16-17H,4-5,8-10,19H2,1-3H3/t13-,16-,17-,18-,30+/m1/s1. The van der Waals surface area contributed by atoms with Gasteiger partial charge in [-0.3, -0.25) is 32.9 Å². The maximum absolute atomic E-state index is 12.8. The summed E-state index contributed by atoms with van der Waals surface area (Å²) >= 11 is 0. The largest absolute Gasteiger partial charge is 0.475 e. The van der Waals surface area contributed by atoms with E-state index in [1.807, 2.05) is 0 Å². The number of carbonyl (C=O) groups is 3. The van der Waals surface area contributed by atoms with Crippen LogP contribution in [-0.4, -0.2) is 65.9 Å². The number of nitrogens with two attached hydrogens (primary N) is 1. The van der Waals surface area contributed by atoms with Gasteiger partial charge in [0.05, 0.1) is 31.3 Å². The number of phosphoric ester groups is 1. The van der Waals surface area contributed by atoms with Crippen LogP contribution in [0.5, 0.6) is 0 Å². The fourth-order valence-electron chi connectivity index (χ4n) is 3.47. The van der Waals surface area contributed by atoms with Crippen molar-refractivity contribution in [2.45, 2.75) is 70.1 Å². The van der Waals surface area contributed by atoms with E-state index in [2.05, 4.69) is 0 Å². The molecule has 0 aromatic rings. The molecule has 30 heavy (non-hydrogen) atoms. The van der Waals surface area contributed by atoms with E-state index in [0.29, 0.717) is 0 Å². The lowest BCUT2D eigenvalue weighted by Crippen LogP contribution is -2.60. The van der Waals surface area contributed by atoms with E-state index in [9.17, 15) is 18.9 Å². The Hall–Kier alpha value is -1.62. The molecule has 3 aliphatic rings. The minimum absolute atomic E-state index is 0.0388. The van der Waals surface area contributed by atoms with Crippen LogP contribution in [0.4, 0.5) is 0 Å². The fourth-order valence-corrected chi connectivity index (χ4v) is 4.99. The zero-order valence-corrected chi connectivity index (χ0v) is 18.0. The average Bonchev–Trinajstić information content (AvgIpc) is 2.89. The van der Waals surface area contributed by atoms with Gasteiger partial charge in [0.2, 0.25) is 5.91 Å². The van der Waals surface area contributed by atoms with Gasteiger partial charge in [0.15, 0.2) is 12.0 Å². The molecule has 3 heterocycles. The molecule has 11 nitrogen and oxygen atoms in total. The van der Waals surface area contributed by atoms with E-state index in [4.69, 9.17) is 28.8 Å². The maximum atomic E-state index is 12.8. The molecule has 12 heteroatoms. The number of hydrogen-bond acceptors (Lipinski definition) is 10. The quantitative estimate of drug-likeness (QED) is 0.260. The van der Waals surface area contributed by atoms with Gasteiger partial charge < -0.3 is 15.2 Å².